The van der Waals surface area contributed by atoms with Crippen molar-refractivity contribution in [2.24, 2.45) is 0 Å². The second kappa shape index (κ2) is 5.21. The maximum absolute atomic E-state index is 9.00. The molecule has 0 unspecified atom stereocenters. The number of aryl methyl sites for hydroxylation is 1. The number of para-hydroxylation sites is 2. The Hall–Kier alpha value is -1.52. The summed E-state index contributed by atoms with van der Waals surface area (Å²) < 4.78 is 1.08. The lowest BCUT2D eigenvalue weighted by molar-refractivity contribution is 0.389. The second-order valence-corrected chi connectivity index (χ2v) is 4.60. The molecular formula is C13H13BrN2O. The molecule has 0 aliphatic rings. The van der Waals surface area contributed by atoms with Gasteiger partial charge in [-0.1, -0.05) is 28.1 Å². The SMILES string of the molecule is Cc1cc(Nc2ccccc2NO)ccc1Br. The van der Waals surface area contributed by atoms with E-state index in [4.69, 9.17) is 5.21 Å². The molecule has 0 radical (unpaired) electrons. The minimum absolute atomic E-state index is 0.646. The van der Waals surface area contributed by atoms with Crippen LogP contribution in [0.5, 0.6) is 0 Å². The van der Waals surface area contributed by atoms with Crippen molar-refractivity contribution in [3.63, 3.8) is 0 Å². The first kappa shape index (κ1) is 12.0. The van der Waals surface area contributed by atoms with Crippen LogP contribution in [-0.2, 0) is 0 Å². The average Bonchev–Trinajstić information content (AvgIpc) is 2.34. The number of halogens is 1. The fourth-order valence-electron chi connectivity index (χ4n) is 1.57. The lowest BCUT2D eigenvalue weighted by Crippen LogP contribution is -1.97. The maximum Gasteiger partial charge on any atom is 0.0836 e. The summed E-state index contributed by atoms with van der Waals surface area (Å²) in [7, 11) is 0. The molecule has 0 atom stereocenters. The van der Waals surface area contributed by atoms with Crippen LogP contribution in [-0.4, -0.2) is 5.21 Å². The van der Waals surface area contributed by atoms with Gasteiger partial charge in [-0.15, -0.1) is 0 Å². The van der Waals surface area contributed by atoms with Crippen molar-refractivity contribution in [2.45, 2.75) is 6.92 Å². The molecule has 3 nitrogen and oxygen atoms in total. The standard InChI is InChI=1S/C13H13BrN2O/c1-9-8-10(6-7-11(9)14)15-12-4-2-3-5-13(12)16-17/h2-8,15-17H,1H3. The number of benzene rings is 2. The highest BCUT2D eigenvalue weighted by molar-refractivity contribution is 9.10. The third kappa shape index (κ3) is 2.78. The number of nitrogens with one attached hydrogen (secondary N) is 2. The Kier molecular flexibility index (Phi) is 3.66. The Balaban J connectivity index is 2.28. The molecule has 4 heteroatoms. The zero-order valence-electron chi connectivity index (χ0n) is 9.37. The minimum Gasteiger partial charge on any atom is -0.354 e. The molecule has 2 rings (SSSR count). The molecule has 0 aromatic heterocycles. The van der Waals surface area contributed by atoms with Crippen LogP contribution < -0.4 is 10.8 Å². The quantitative estimate of drug-likeness (QED) is 0.739. The van der Waals surface area contributed by atoms with Gasteiger partial charge in [0.25, 0.3) is 0 Å². The van der Waals surface area contributed by atoms with E-state index in [0.717, 1.165) is 21.4 Å². The van der Waals surface area contributed by atoms with E-state index in [9.17, 15) is 0 Å². The third-order valence-electron chi connectivity index (χ3n) is 2.48. The topological polar surface area (TPSA) is 44.3 Å². The van der Waals surface area contributed by atoms with Crippen molar-refractivity contribution in [2.75, 3.05) is 10.8 Å². The number of rotatable bonds is 3. The molecule has 0 amide bonds. The lowest BCUT2D eigenvalue weighted by atomic mass is 10.2. The summed E-state index contributed by atoms with van der Waals surface area (Å²) >= 11 is 3.46. The van der Waals surface area contributed by atoms with Crippen LogP contribution in [0, 0.1) is 6.92 Å². The first-order valence-corrected chi connectivity index (χ1v) is 6.02. The molecule has 0 spiro atoms. The van der Waals surface area contributed by atoms with Crippen molar-refractivity contribution in [1.82, 2.24) is 0 Å². The predicted octanol–water partition coefficient (Wildman–Crippen LogP) is 4.30. The van der Waals surface area contributed by atoms with E-state index in [1.54, 1.807) is 6.07 Å². The molecule has 3 N–H and O–H groups in total. The molecule has 88 valence electrons. The van der Waals surface area contributed by atoms with Crippen LogP contribution in [0.25, 0.3) is 0 Å². The maximum atomic E-state index is 9.00. The highest BCUT2D eigenvalue weighted by atomic mass is 79.9. The summed E-state index contributed by atoms with van der Waals surface area (Å²) in [6.45, 7) is 2.03. The van der Waals surface area contributed by atoms with Crippen LogP contribution in [0.3, 0.4) is 0 Å². The van der Waals surface area contributed by atoms with E-state index in [2.05, 4.69) is 26.7 Å². The van der Waals surface area contributed by atoms with E-state index >= 15 is 0 Å². The van der Waals surface area contributed by atoms with Gasteiger partial charge in [-0.2, -0.15) is 0 Å². The fraction of sp³-hybridized carbons (Fsp3) is 0.0769. The van der Waals surface area contributed by atoms with E-state index in [1.165, 1.54) is 0 Å². The van der Waals surface area contributed by atoms with Crippen molar-refractivity contribution in [3.05, 3.63) is 52.5 Å². The zero-order valence-corrected chi connectivity index (χ0v) is 11.0. The summed E-state index contributed by atoms with van der Waals surface area (Å²) in [4.78, 5) is 0. The molecule has 2 aromatic rings. The molecule has 0 aliphatic heterocycles. The average molecular weight is 293 g/mol. The van der Waals surface area contributed by atoms with Crippen molar-refractivity contribution < 1.29 is 5.21 Å². The van der Waals surface area contributed by atoms with Gasteiger partial charge in [0, 0.05) is 10.2 Å². The Morgan fingerprint density at radius 1 is 1.06 bits per heavy atom. The number of anilines is 3. The Labute approximate surface area is 109 Å². The largest absolute Gasteiger partial charge is 0.354 e. The van der Waals surface area contributed by atoms with E-state index in [0.29, 0.717) is 5.69 Å². The predicted molar refractivity (Wildman–Crippen MR) is 74.0 cm³/mol. The van der Waals surface area contributed by atoms with E-state index in [-0.39, 0.29) is 0 Å². The van der Waals surface area contributed by atoms with Crippen LogP contribution in [0.1, 0.15) is 5.56 Å². The van der Waals surface area contributed by atoms with E-state index in [1.807, 2.05) is 43.3 Å². The summed E-state index contributed by atoms with van der Waals surface area (Å²) in [5.41, 5.74) is 5.78. The molecule has 0 bridgehead atoms. The minimum atomic E-state index is 0.646. The highest BCUT2D eigenvalue weighted by Crippen LogP contribution is 2.27. The van der Waals surface area contributed by atoms with Gasteiger partial charge in [-0.3, -0.25) is 10.7 Å². The third-order valence-corrected chi connectivity index (χ3v) is 3.37. The molecule has 0 fully saturated rings. The van der Waals surface area contributed by atoms with Gasteiger partial charge in [0.05, 0.1) is 11.4 Å². The van der Waals surface area contributed by atoms with Gasteiger partial charge in [0.2, 0.25) is 0 Å². The smallest absolute Gasteiger partial charge is 0.0836 e. The van der Waals surface area contributed by atoms with Crippen LogP contribution in [0.2, 0.25) is 0 Å². The Bertz CT molecular complexity index is 529. The zero-order chi connectivity index (χ0) is 12.3. The van der Waals surface area contributed by atoms with Gasteiger partial charge in [0.15, 0.2) is 0 Å². The van der Waals surface area contributed by atoms with Gasteiger partial charge in [-0.25, -0.2) is 0 Å². The van der Waals surface area contributed by atoms with Crippen molar-refractivity contribution >= 4 is 33.0 Å². The highest BCUT2D eigenvalue weighted by Gasteiger charge is 2.02. The molecule has 0 saturated heterocycles. The summed E-state index contributed by atoms with van der Waals surface area (Å²) in [6, 6.07) is 13.5. The van der Waals surface area contributed by atoms with E-state index < -0.39 is 0 Å². The van der Waals surface area contributed by atoms with Gasteiger partial charge in [0.1, 0.15) is 0 Å². The lowest BCUT2D eigenvalue weighted by Gasteiger charge is -2.11. The summed E-state index contributed by atoms with van der Waals surface area (Å²) in [5.74, 6) is 0. The molecule has 0 heterocycles. The number of hydrogen-bond donors (Lipinski definition) is 3. The molecule has 0 saturated carbocycles. The Morgan fingerprint density at radius 3 is 2.41 bits per heavy atom. The fourth-order valence-corrected chi connectivity index (χ4v) is 1.81. The Morgan fingerprint density at radius 2 is 1.76 bits per heavy atom. The van der Waals surface area contributed by atoms with Crippen molar-refractivity contribution in [3.8, 4) is 0 Å². The normalized spacial score (nSPS) is 10.1. The molecule has 17 heavy (non-hydrogen) atoms. The first-order valence-electron chi connectivity index (χ1n) is 5.23. The molecular weight excluding hydrogens is 280 g/mol. The van der Waals surface area contributed by atoms with Gasteiger partial charge in [-0.05, 0) is 42.8 Å². The monoisotopic (exact) mass is 292 g/mol. The first-order chi connectivity index (χ1) is 8.20. The van der Waals surface area contributed by atoms with Crippen LogP contribution >= 0.6 is 15.9 Å². The van der Waals surface area contributed by atoms with Gasteiger partial charge < -0.3 is 5.32 Å². The molecule has 2 aromatic carbocycles. The van der Waals surface area contributed by atoms with Crippen LogP contribution in [0.4, 0.5) is 17.1 Å². The molecule has 0 aliphatic carbocycles. The van der Waals surface area contributed by atoms with Crippen LogP contribution in [0.15, 0.2) is 46.9 Å². The second-order valence-electron chi connectivity index (χ2n) is 3.75. The summed E-state index contributed by atoms with van der Waals surface area (Å²) in [6.07, 6.45) is 0. The van der Waals surface area contributed by atoms with Gasteiger partial charge >= 0.3 is 0 Å². The summed E-state index contributed by atoms with van der Waals surface area (Å²) in [5, 5.41) is 12.2. The number of hydrogen-bond acceptors (Lipinski definition) is 3. The van der Waals surface area contributed by atoms with Crippen molar-refractivity contribution in [1.29, 1.82) is 0 Å².